The summed E-state index contributed by atoms with van der Waals surface area (Å²) in [5, 5.41) is 3.50. The van der Waals surface area contributed by atoms with Gasteiger partial charge in [-0.25, -0.2) is 4.98 Å². The van der Waals surface area contributed by atoms with Crippen LogP contribution in [0.25, 0.3) is 0 Å². The van der Waals surface area contributed by atoms with Gasteiger partial charge in [0.2, 0.25) is 0 Å². The van der Waals surface area contributed by atoms with Crippen LogP contribution in [0.5, 0.6) is 0 Å². The molecule has 3 rings (SSSR count). The van der Waals surface area contributed by atoms with Crippen molar-refractivity contribution in [2.75, 3.05) is 33.2 Å². The third kappa shape index (κ3) is 6.99. The summed E-state index contributed by atoms with van der Waals surface area (Å²) in [6.45, 7) is 13.4. The van der Waals surface area contributed by atoms with E-state index in [1.54, 1.807) is 0 Å². The number of rotatable bonds is 6. The Balaban J connectivity index is 0.00000300. The van der Waals surface area contributed by atoms with Gasteiger partial charge in [-0.3, -0.25) is 9.89 Å². The first-order valence-electron chi connectivity index (χ1n) is 10.3. The highest BCUT2D eigenvalue weighted by atomic mass is 127. The molecule has 1 aliphatic heterocycles. The van der Waals surface area contributed by atoms with E-state index in [0.717, 1.165) is 51.1 Å². The second-order valence-electron chi connectivity index (χ2n) is 8.04. The maximum Gasteiger partial charge on any atom is 0.194 e. The quantitative estimate of drug-likeness (QED) is 0.368. The van der Waals surface area contributed by atoms with E-state index in [1.807, 2.05) is 13.2 Å². The molecule has 0 spiro atoms. The molecule has 0 saturated carbocycles. The van der Waals surface area contributed by atoms with E-state index in [9.17, 15) is 0 Å². The summed E-state index contributed by atoms with van der Waals surface area (Å²) in [5.41, 5.74) is 2.73. The summed E-state index contributed by atoms with van der Waals surface area (Å²) in [6, 6.07) is 8.81. The Hall–Kier alpha value is -1.61. The van der Waals surface area contributed by atoms with Gasteiger partial charge in [0.25, 0.3) is 0 Å². The molecule has 1 aliphatic rings. The first-order chi connectivity index (χ1) is 13.5. The van der Waals surface area contributed by atoms with Gasteiger partial charge in [-0.2, -0.15) is 0 Å². The Morgan fingerprint density at radius 1 is 1.21 bits per heavy atom. The molecule has 1 aromatic carbocycles. The Kier molecular flexibility index (Phi) is 9.42. The van der Waals surface area contributed by atoms with Gasteiger partial charge < -0.3 is 14.8 Å². The largest absolute Gasteiger partial charge is 0.349 e. The number of nitrogens with zero attached hydrogens (tertiary/aromatic N) is 5. The van der Waals surface area contributed by atoms with Crippen LogP contribution in [0.4, 0.5) is 0 Å². The molecule has 160 valence electrons. The number of hydrogen-bond donors (Lipinski definition) is 1. The van der Waals surface area contributed by atoms with Gasteiger partial charge in [-0.1, -0.05) is 43.7 Å². The Morgan fingerprint density at radius 2 is 1.97 bits per heavy atom. The van der Waals surface area contributed by atoms with E-state index in [2.05, 4.69) is 80.9 Å². The molecule has 2 heterocycles. The van der Waals surface area contributed by atoms with Gasteiger partial charge in [0, 0.05) is 58.7 Å². The second-order valence-corrected chi connectivity index (χ2v) is 8.04. The summed E-state index contributed by atoms with van der Waals surface area (Å²) >= 11 is 0. The van der Waals surface area contributed by atoms with Crippen LogP contribution in [-0.4, -0.2) is 58.5 Å². The monoisotopic (exact) mass is 510 g/mol. The van der Waals surface area contributed by atoms with Crippen LogP contribution < -0.4 is 5.32 Å². The SMILES string of the molecule is CN=C(NCc1nccn1CC(C)C)N1CCN(Cc2cccc(C)c2)CC1.I. The fourth-order valence-corrected chi connectivity index (χ4v) is 3.74. The van der Waals surface area contributed by atoms with Gasteiger partial charge in [-0.05, 0) is 18.4 Å². The number of nitrogens with one attached hydrogen (secondary N) is 1. The standard InChI is InChI=1S/C22H34N6.HI/c1-18(2)16-28-9-8-24-21(28)15-25-22(23-4)27-12-10-26(11-13-27)17-20-7-5-6-19(3)14-20;/h5-9,14,18H,10-13,15-17H2,1-4H3,(H,23,25);1H. The van der Waals surface area contributed by atoms with E-state index >= 15 is 0 Å². The number of halogens is 1. The first kappa shape index (κ1) is 23.7. The number of hydrogen-bond acceptors (Lipinski definition) is 3. The van der Waals surface area contributed by atoms with Gasteiger partial charge >= 0.3 is 0 Å². The maximum absolute atomic E-state index is 4.51. The molecule has 0 radical (unpaired) electrons. The van der Waals surface area contributed by atoms with Gasteiger partial charge in [0.1, 0.15) is 5.82 Å². The number of imidazole rings is 1. The van der Waals surface area contributed by atoms with E-state index in [4.69, 9.17) is 0 Å². The highest BCUT2D eigenvalue weighted by Gasteiger charge is 2.20. The van der Waals surface area contributed by atoms with Crippen LogP contribution in [0.2, 0.25) is 0 Å². The summed E-state index contributed by atoms with van der Waals surface area (Å²) < 4.78 is 2.23. The molecular weight excluding hydrogens is 475 g/mol. The molecular formula is C22H35IN6. The molecule has 2 aromatic rings. The summed E-state index contributed by atoms with van der Waals surface area (Å²) in [4.78, 5) is 13.9. The maximum atomic E-state index is 4.51. The highest BCUT2D eigenvalue weighted by molar-refractivity contribution is 14.0. The Morgan fingerprint density at radius 3 is 2.62 bits per heavy atom. The summed E-state index contributed by atoms with van der Waals surface area (Å²) in [5.74, 6) is 2.64. The minimum atomic E-state index is 0. The number of benzene rings is 1. The molecule has 0 amide bonds. The van der Waals surface area contributed by atoms with Crippen molar-refractivity contribution >= 4 is 29.9 Å². The third-order valence-electron chi connectivity index (χ3n) is 5.14. The van der Waals surface area contributed by atoms with Crippen molar-refractivity contribution < 1.29 is 0 Å². The molecule has 0 atom stereocenters. The topological polar surface area (TPSA) is 48.7 Å². The van der Waals surface area contributed by atoms with E-state index in [0.29, 0.717) is 12.5 Å². The zero-order valence-corrected chi connectivity index (χ0v) is 20.5. The predicted molar refractivity (Wildman–Crippen MR) is 131 cm³/mol. The van der Waals surface area contributed by atoms with Crippen molar-refractivity contribution in [3.05, 3.63) is 53.6 Å². The van der Waals surface area contributed by atoms with E-state index < -0.39 is 0 Å². The van der Waals surface area contributed by atoms with Gasteiger partial charge in [0.05, 0.1) is 6.54 Å². The molecule has 29 heavy (non-hydrogen) atoms. The Labute approximate surface area is 192 Å². The molecule has 1 aromatic heterocycles. The van der Waals surface area contributed by atoms with Crippen LogP contribution in [0.15, 0.2) is 41.7 Å². The van der Waals surface area contributed by atoms with E-state index in [1.165, 1.54) is 11.1 Å². The van der Waals surface area contributed by atoms with Crippen LogP contribution in [-0.2, 0) is 19.6 Å². The lowest BCUT2D eigenvalue weighted by Crippen LogP contribution is -2.52. The van der Waals surface area contributed by atoms with Crippen molar-refractivity contribution in [3.8, 4) is 0 Å². The molecule has 0 aliphatic carbocycles. The average molecular weight is 510 g/mol. The number of aromatic nitrogens is 2. The molecule has 1 N–H and O–H groups in total. The van der Waals surface area contributed by atoms with Crippen LogP contribution in [0.1, 0.15) is 30.8 Å². The van der Waals surface area contributed by atoms with E-state index in [-0.39, 0.29) is 24.0 Å². The van der Waals surface area contributed by atoms with Crippen LogP contribution in [0.3, 0.4) is 0 Å². The van der Waals surface area contributed by atoms with Gasteiger partial charge in [0.15, 0.2) is 5.96 Å². The average Bonchev–Trinajstić information content (AvgIpc) is 3.10. The zero-order chi connectivity index (χ0) is 19.9. The van der Waals surface area contributed by atoms with Crippen molar-refractivity contribution in [3.63, 3.8) is 0 Å². The third-order valence-corrected chi connectivity index (χ3v) is 5.14. The fourth-order valence-electron chi connectivity index (χ4n) is 3.74. The van der Waals surface area contributed by atoms with Crippen molar-refractivity contribution in [1.82, 2.24) is 24.7 Å². The highest BCUT2D eigenvalue weighted by Crippen LogP contribution is 2.11. The zero-order valence-electron chi connectivity index (χ0n) is 18.1. The number of guanidine groups is 1. The lowest BCUT2D eigenvalue weighted by Gasteiger charge is -2.36. The summed E-state index contributed by atoms with van der Waals surface area (Å²) in [7, 11) is 1.86. The minimum absolute atomic E-state index is 0. The van der Waals surface area contributed by atoms with Crippen LogP contribution >= 0.6 is 24.0 Å². The molecule has 6 nitrogen and oxygen atoms in total. The van der Waals surface area contributed by atoms with Crippen molar-refractivity contribution in [2.45, 2.75) is 40.4 Å². The van der Waals surface area contributed by atoms with Crippen molar-refractivity contribution in [1.29, 1.82) is 0 Å². The van der Waals surface area contributed by atoms with Crippen molar-refractivity contribution in [2.24, 2.45) is 10.9 Å². The lowest BCUT2D eigenvalue weighted by molar-refractivity contribution is 0.172. The normalized spacial score (nSPS) is 15.5. The smallest absolute Gasteiger partial charge is 0.194 e. The predicted octanol–water partition coefficient (Wildman–Crippen LogP) is 3.36. The molecule has 1 fully saturated rings. The molecule has 0 unspecified atom stereocenters. The number of aryl methyl sites for hydroxylation is 1. The second kappa shape index (κ2) is 11.5. The molecule has 1 saturated heterocycles. The van der Waals surface area contributed by atoms with Gasteiger partial charge in [-0.15, -0.1) is 24.0 Å². The first-order valence-corrected chi connectivity index (χ1v) is 10.3. The van der Waals surface area contributed by atoms with Crippen LogP contribution in [0, 0.1) is 12.8 Å². The Bertz CT molecular complexity index is 777. The lowest BCUT2D eigenvalue weighted by atomic mass is 10.1. The fraction of sp³-hybridized carbons (Fsp3) is 0.545. The molecule has 0 bridgehead atoms. The summed E-state index contributed by atoms with van der Waals surface area (Å²) in [6.07, 6.45) is 3.94. The molecule has 7 heteroatoms. The number of piperazine rings is 1. The minimum Gasteiger partial charge on any atom is -0.349 e. The number of aliphatic imine (C=N–C) groups is 1.